The maximum Gasteiger partial charge on any atom is 0.137 e. The summed E-state index contributed by atoms with van der Waals surface area (Å²) in [5.41, 5.74) is 10.4. The molecule has 1 aliphatic rings. The minimum absolute atomic E-state index is 0.0237. The van der Waals surface area contributed by atoms with Crippen LogP contribution in [0.5, 0.6) is 11.5 Å². The van der Waals surface area contributed by atoms with Gasteiger partial charge in [0.05, 0.1) is 40.1 Å². The number of hydrogen-bond acceptors (Lipinski definition) is 4. The Balaban J connectivity index is 1.13. The zero-order chi connectivity index (χ0) is 35.8. The number of benzene rings is 6. The van der Waals surface area contributed by atoms with Crippen molar-refractivity contribution in [2.24, 2.45) is 0 Å². The van der Waals surface area contributed by atoms with Gasteiger partial charge in [0.1, 0.15) is 17.3 Å². The number of anilines is 3. The minimum Gasteiger partial charge on any atom is -0.457 e. The smallest absolute Gasteiger partial charge is 0.137 e. The van der Waals surface area contributed by atoms with Crippen LogP contribution in [-0.4, -0.2) is 27.8 Å². The van der Waals surface area contributed by atoms with Gasteiger partial charge in [-0.1, -0.05) is 75.4 Å². The standard InChI is InChI=1S/C47H39N5O/c1-47(2,3)31-24-25-48-46(26-31)52-42-23-20-33(51-40-16-7-5-14-36(40)37-15-6-8-17-41(37)51)28-39(42)38-22-21-35(29-45(38)52)53-34-13-11-12-32(27-34)50-30-49(4)43-18-9-10-19-44(43)50/h5-29H,30H2,1-4H3. The second-order valence-corrected chi connectivity index (χ2v) is 15.1. The molecule has 0 bridgehead atoms. The lowest BCUT2D eigenvalue weighted by molar-refractivity contribution is 0.483. The molecule has 0 saturated heterocycles. The lowest BCUT2D eigenvalue weighted by atomic mass is 9.88. The zero-order valence-electron chi connectivity index (χ0n) is 30.3. The molecule has 6 heteroatoms. The van der Waals surface area contributed by atoms with Crippen molar-refractivity contribution in [2.45, 2.75) is 26.2 Å². The summed E-state index contributed by atoms with van der Waals surface area (Å²) in [6.45, 7) is 7.52. The molecule has 0 N–H and O–H groups in total. The highest BCUT2D eigenvalue weighted by molar-refractivity contribution is 6.12. The van der Waals surface area contributed by atoms with Crippen LogP contribution in [-0.2, 0) is 5.41 Å². The lowest BCUT2D eigenvalue weighted by Gasteiger charge is -2.20. The first kappa shape index (κ1) is 31.2. The summed E-state index contributed by atoms with van der Waals surface area (Å²) in [5.74, 6) is 2.45. The van der Waals surface area contributed by atoms with Crippen LogP contribution in [0.15, 0.2) is 152 Å². The summed E-state index contributed by atoms with van der Waals surface area (Å²) < 4.78 is 11.3. The SMILES string of the molecule is CN1CN(c2cccc(Oc3ccc4c5cc(-n6c7ccccc7c7ccccc76)ccc5n(-c5cc(C(C)(C)C)ccn5)c4c3)c2)c2ccccc21. The Morgan fingerprint density at radius 3 is 1.98 bits per heavy atom. The predicted octanol–water partition coefficient (Wildman–Crippen LogP) is 11.9. The first-order valence-corrected chi connectivity index (χ1v) is 18.2. The van der Waals surface area contributed by atoms with Crippen LogP contribution in [0, 0.1) is 0 Å². The molecule has 53 heavy (non-hydrogen) atoms. The normalized spacial score (nSPS) is 13.1. The topological polar surface area (TPSA) is 38.5 Å². The van der Waals surface area contributed by atoms with Gasteiger partial charge in [-0.15, -0.1) is 0 Å². The van der Waals surface area contributed by atoms with Gasteiger partial charge in [-0.05, 0) is 89.8 Å². The van der Waals surface area contributed by atoms with Gasteiger partial charge in [-0.25, -0.2) is 4.98 Å². The highest BCUT2D eigenvalue weighted by atomic mass is 16.5. The van der Waals surface area contributed by atoms with Gasteiger partial charge < -0.3 is 19.1 Å². The largest absolute Gasteiger partial charge is 0.457 e. The average Bonchev–Trinajstić information content (AvgIpc) is 3.81. The van der Waals surface area contributed by atoms with Crippen LogP contribution >= 0.6 is 0 Å². The summed E-state index contributed by atoms with van der Waals surface area (Å²) in [4.78, 5) is 9.55. The molecular weight excluding hydrogens is 651 g/mol. The quantitative estimate of drug-likeness (QED) is 0.180. The molecule has 10 rings (SSSR count). The van der Waals surface area contributed by atoms with Crippen molar-refractivity contribution >= 4 is 60.7 Å². The number of fused-ring (bicyclic) bond motifs is 7. The maximum absolute atomic E-state index is 6.67. The van der Waals surface area contributed by atoms with E-state index in [1.54, 1.807) is 0 Å². The van der Waals surface area contributed by atoms with Crippen LogP contribution in [0.4, 0.5) is 17.1 Å². The minimum atomic E-state index is -0.0237. The van der Waals surface area contributed by atoms with Crippen LogP contribution < -0.4 is 14.5 Å². The van der Waals surface area contributed by atoms with Gasteiger partial charge in [0.25, 0.3) is 0 Å². The Morgan fingerprint density at radius 1 is 0.528 bits per heavy atom. The molecule has 0 unspecified atom stereocenters. The van der Waals surface area contributed by atoms with Gasteiger partial charge >= 0.3 is 0 Å². The molecule has 0 spiro atoms. The number of nitrogens with zero attached hydrogens (tertiary/aromatic N) is 5. The number of rotatable bonds is 5. The van der Waals surface area contributed by atoms with Gasteiger partial charge in [-0.3, -0.25) is 4.57 Å². The van der Waals surface area contributed by atoms with Gasteiger partial charge in [0.15, 0.2) is 0 Å². The summed E-state index contributed by atoms with van der Waals surface area (Å²) >= 11 is 0. The van der Waals surface area contributed by atoms with E-state index in [4.69, 9.17) is 9.72 Å². The highest BCUT2D eigenvalue weighted by Gasteiger charge is 2.24. The van der Waals surface area contributed by atoms with Crippen LogP contribution in [0.2, 0.25) is 0 Å². The van der Waals surface area contributed by atoms with Crippen LogP contribution in [0.25, 0.3) is 55.1 Å². The molecule has 3 aromatic heterocycles. The number of aromatic nitrogens is 3. The summed E-state index contributed by atoms with van der Waals surface area (Å²) in [6.07, 6.45) is 1.93. The Bertz CT molecular complexity index is 2820. The fourth-order valence-electron chi connectivity index (χ4n) is 8.10. The van der Waals surface area contributed by atoms with E-state index >= 15 is 0 Å². The number of hydrogen-bond donors (Lipinski definition) is 0. The van der Waals surface area contributed by atoms with Gasteiger partial charge in [0.2, 0.25) is 0 Å². The van der Waals surface area contributed by atoms with E-state index in [2.05, 4.69) is 186 Å². The second kappa shape index (κ2) is 11.8. The molecule has 6 nitrogen and oxygen atoms in total. The molecule has 1 aliphatic heterocycles. The summed E-state index contributed by atoms with van der Waals surface area (Å²) in [7, 11) is 2.13. The van der Waals surface area contributed by atoms with E-state index < -0.39 is 0 Å². The van der Waals surface area contributed by atoms with Crippen LogP contribution in [0.1, 0.15) is 26.3 Å². The number of para-hydroxylation sites is 4. The van der Waals surface area contributed by atoms with E-state index in [0.717, 1.165) is 57.2 Å². The average molecular weight is 690 g/mol. The fraction of sp³-hybridized carbons (Fsp3) is 0.128. The van der Waals surface area contributed by atoms with E-state index in [-0.39, 0.29) is 5.41 Å². The third-order valence-electron chi connectivity index (χ3n) is 10.7. The molecule has 0 fully saturated rings. The van der Waals surface area contributed by atoms with E-state index in [9.17, 15) is 0 Å². The Hall–Kier alpha value is -6.53. The summed E-state index contributed by atoms with van der Waals surface area (Å²) in [5, 5.41) is 4.80. The highest BCUT2D eigenvalue weighted by Crippen LogP contribution is 2.42. The first-order valence-electron chi connectivity index (χ1n) is 18.2. The van der Waals surface area contributed by atoms with Crippen molar-refractivity contribution in [2.75, 3.05) is 23.5 Å². The van der Waals surface area contributed by atoms with Gasteiger partial charge in [-0.2, -0.15) is 0 Å². The molecule has 258 valence electrons. The van der Waals surface area contributed by atoms with Crippen molar-refractivity contribution in [3.8, 4) is 23.0 Å². The predicted molar refractivity (Wildman–Crippen MR) is 220 cm³/mol. The van der Waals surface area contributed by atoms with E-state index in [1.807, 2.05) is 12.3 Å². The monoisotopic (exact) mass is 689 g/mol. The maximum atomic E-state index is 6.67. The van der Waals surface area contributed by atoms with E-state index in [1.165, 1.54) is 38.7 Å². The Kier molecular flexibility index (Phi) is 6.92. The van der Waals surface area contributed by atoms with Crippen molar-refractivity contribution in [1.29, 1.82) is 0 Å². The lowest BCUT2D eigenvalue weighted by Crippen LogP contribution is -2.23. The molecule has 0 atom stereocenters. The molecule has 4 heterocycles. The zero-order valence-corrected chi connectivity index (χ0v) is 30.3. The Morgan fingerprint density at radius 2 is 1.21 bits per heavy atom. The third kappa shape index (κ3) is 5.05. The molecule has 0 amide bonds. The van der Waals surface area contributed by atoms with Crippen LogP contribution in [0.3, 0.4) is 0 Å². The second-order valence-electron chi connectivity index (χ2n) is 15.1. The molecule has 6 aromatic carbocycles. The first-order chi connectivity index (χ1) is 25.8. The fourth-order valence-corrected chi connectivity index (χ4v) is 8.10. The molecular formula is C47H39N5O. The van der Waals surface area contributed by atoms with Crippen molar-refractivity contribution in [3.63, 3.8) is 0 Å². The van der Waals surface area contributed by atoms with Crippen molar-refractivity contribution in [3.05, 3.63) is 157 Å². The van der Waals surface area contributed by atoms with Crippen molar-refractivity contribution < 1.29 is 4.74 Å². The van der Waals surface area contributed by atoms with Gasteiger partial charge in [0, 0.05) is 58.3 Å². The number of ether oxygens (including phenoxy) is 1. The third-order valence-corrected chi connectivity index (χ3v) is 10.7. The molecule has 0 aliphatic carbocycles. The number of pyridine rings is 1. The van der Waals surface area contributed by atoms with Crippen molar-refractivity contribution in [1.82, 2.24) is 14.1 Å². The summed E-state index contributed by atoms with van der Waals surface area (Å²) in [6, 6.07) is 51.8. The molecule has 9 aromatic rings. The molecule has 0 saturated carbocycles. The molecule has 0 radical (unpaired) electrons. The Labute approximate surface area is 308 Å². The van der Waals surface area contributed by atoms with E-state index in [0.29, 0.717) is 0 Å².